The van der Waals surface area contributed by atoms with E-state index in [-0.39, 0.29) is 24.2 Å². The molecule has 1 aliphatic heterocycles. The van der Waals surface area contributed by atoms with Crippen LogP contribution in [0.25, 0.3) is 0 Å². The van der Waals surface area contributed by atoms with E-state index in [1.165, 1.54) is 0 Å². The molecule has 1 N–H and O–H groups in total. The van der Waals surface area contributed by atoms with Crippen LogP contribution < -0.4 is 5.32 Å². The van der Waals surface area contributed by atoms with E-state index in [9.17, 15) is 9.59 Å². The maximum atomic E-state index is 12.3. The smallest absolute Gasteiger partial charge is 0.225 e. The number of hydrogen-bond donors (Lipinski definition) is 1. The second-order valence-corrected chi connectivity index (χ2v) is 6.63. The predicted octanol–water partition coefficient (Wildman–Crippen LogP) is 2.44. The molecule has 5 nitrogen and oxygen atoms in total. The molecule has 1 aliphatic rings. The van der Waals surface area contributed by atoms with E-state index in [0.29, 0.717) is 24.7 Å². The Labute approximate surface area is 152 Å². The lowest BCUT2D eigenvalue weighted by molar-refractivity contribution is -0.129. The lowest BCUT2D eigenvalue weighted by Crippen LogP contribution is -2.33. The summed E-state index contributed by atoms with van der Waals surface area (Å²) in [6, 6.07) is 11.3. The molecule has 0 saturated carbocycles. The second-order valence-electron chi connectivity index (χ2n) is 6.20. The van der Waals surface area contributed by atoms with Gasteiger partial charge >= 0.3 is 0 Å². The average Bonchev–Trinajstić information content (AvgIpc) is 3.01. The first-order chi connectivity index (χ1) is 12.1. The summed E-state index contributed by atoms with van der Waals surface area (Å²) in [5.41, 5.74) is 2.07. The van der Waals surface area contributed by atoms with Gasteiger partial charge in [-0.1, -0.05) is 29.8 Å². The summed E-state index contributed by atoms with van der Waals surface area (Å²) < 4.78 is 0. The number of hydrogen-bond acceptors (Lipinski definition) is 3. The van der Waals surface area contributed by atoms with E-state index in [1.54, 1.807) is 17.3 Å². The number of pyridine rings is 1. The number of aromatic nitrogens is 1. The van der Waals surface area contributed by atoms with Crippen molar-refractivity contribution in [3.63, 3.8) is 0 Å². The van der Waals surface area contributed by atoms with Crippen LogP contribution in [-0.4, -0.2) is 34.8 Å². The number of likely N-dealkylation sites (tertiary alicyclic amines) is 1. The largest absolute Gasteiger partial charge is 0.352 e. The van der Waals surface area contributed by atoms with Crippen LogP contribution in [0.15, 0.2) is 48.8 Å². The highest BCUT2D eigenvalue weighted by atomic mass is 35.5. The molecule has 0 radical (unpaired) electrons. The maximum Gasteiger partial charge on any atom is 0.225 e. The van der Waals surface area contributed by atoms with Gasteiger partial charge in [-0.2, -0.15) is 0 Å². The number of carbonyl (C=O) groups is 2. The molecule has 0 aliphatic carbocycles. The molecular formula is C19H20ClN3O2. The molecular weight excluding hydrogens is 338 g/mol. The summed E-state index contributed by atoms with van der Waals surface area (Å²) in [4.78, 5) is 30.2. The van der Waals surface area contributed by atoms with Crippen LogP contribution in [0.5, 0.6) is 0 Å². The minimum absolute atomic E-state index is 0.0375. The molecule has 2 heterocycles. The van der Waals surface area contributed by atoms with E-state index in [1.807, 2.05) is 36.4 Å². The van der Waals surface area contributed by atoms with Crippen LogP contribution in [0.2, 0.25) is 5.02 Å². The van der Waals surface area contributed by atoms with Gasteiger partial charge in [-0.05, 0) is 35.7 Å². The number of amides is 2. The van der Waals surface area contributed by atoms with Gasteiger partial charge in [0.1, 0.15) is 0 Å². The van der Waals surface area contributed by atoms with Crippen molar-refractivity contribution < 1.29 is 9.59 Å². The van der Waals surface area contributed by atoms with Crippen LogP contribution in [0, 0.1) is 5.92 Å². The van der Waals surface area contributed by atoms with Crippen molar-refractivity contribution in [2.75, 3.05) is 13.1 Å². The molecule has 130 valence electrons. The highest BCUT2D eigenvalue weighted by molar-refractivity contribution is 6.30. The molecule has 1 atom stereocenters. The lowest BCUT2D eigenvalue weighted by atomic mass is 10.1. The third-order valence-electron chi connectivity index (χ3n) is 4.36. The molecule has 0 spiro atoms. The molecule has 25 heavy (non-hydrogen) atoms. The predicted molar refractivity (Wildman–Crippen MR) is 95.9 cm³/mol. The molecule has 2 amide bonds. The number of nitrogens with zero attached hydrogens (tertiary/aromatic N) is 2. The summed E-state index contributed by atoms with van der Waals surface area (Å²) in [5, 5.41) is 3.59. The normalized spacial score (nSPS) is 16.9. The second kappa shape index (κ2) is 8.12. The number of nitrogens with one attached hydrogen (secondary N) is 1. The third-order valence-corrected chi connectivity index (χ3v) is 4.61. The van der Waals surface area contributed by atoms with Crippen molar-refractivity contribution in [2.24, 2.45) is 5.92 Å². The molecule has 1 aromatic heterocycles. The molecule has 6 heteroatoms. The standard InChI is InChI=1S/C19H20ClN3O2/c20-17-5-3-14(4-6-17)7-9-23-13-16(10-18(23)24)19(25)22-12-15-2-1-8-21-11-15/h1-6,8,11,16H,7,9-10,12-13H2,(H,22,25). The van der Waals surface area contributed by atoms with Crippen LogP contribution >= 0.6 is 11.6 Å². The van der Waals surface area contributed by atoms with E-state index >= 15 is 0 Å². The average molecular weight is 358 g/mol. The van der Waals surface area contributed by atoms with Crippen molar-refractivity contribution in [3.05, 3.63) is 64.9 Å². The Balaban J connectivity index is 1.48. The van der Waals surface area contributed by atoms with Crippen LogP contribution in [0.1, 0.15) is 17.5 Å². The van der Waals surface area contributed by atoms with Crippen molar-refractivity contribution in [3.8, 4) is 0 Å². The Morgan fingerprint density at radius 1 is 1.24 bits per heavy atom. The topological polar surface area (TPSA) is 62.3 Å². The van der Waals surface area contributed by atoms with Gasteiger partial charge in [-0.3, -0.25) is 14.6 Å². The van der Waals surface area contributed by atoms with Gasteiger partial charge in [-0.25, -0.2) is 0 Å². The molecule has 1 aromatic carbocycles. The van der Waals surface area contributed by atoms with Gasteiger partial charge in [0, 0.05) is 43.5 Å². The third kappa shape index (κ3) is 4.79. The molecule has 1 saturated heterocycles. The maximum absolute atomic E-state index is 12.3. The van der Waals surface area contributed by atoms with Gasteiger partial charge in [0.25, 0.3) is 0 Å². The quantitative estimate of drug-likeness (QED) is 0.863. The van der Waals surface area contributed by atoms with E-state index in [4.69, 9.17) is 11.6 Å². The highest BCUT2D eigenvalue weighted by Gasteiger charge is 2.33. The monoisotopic (exact) mass is 357 g/mol. The fraction of sp³-hybridized carbons (Fsp3) is 0.316. The Hall–Kier alpha value is -2.40. The summed E-state index contributed by atoms with van der Waals surface area (Å²) >= 11 is 5.88. The first-order valence-corrected chi connectivity index (χ1v) is 8.68. The minimum Gasteiger partial charge on any atom is -0.352 e. The van der Waals surface area contributed by atoms with Crippen LogP contribution in [0.3, 0.4) is 0 Å². The Bertz CT molecular complexity index is 734. The number of benzene rings is 1. The van der Waals surface area contributed by atoms with Crippen molar-refractivity contribution in [2.45, 2.75) is 19.4 Å². The van der Waals surface area contributed by atoms with Crippen LogP contribution in [0.4, 0.5) is 0 Å². The first kappa shape index (κ1) is 17.4. The SMILES string of the molecule is O=C(NCc1cccnc1)C1CC(=O)N(CCc2ccc(Cl)cc2)C1. The summed E-state index contributed by atoms with van der Waals surface area (Å²) in [7, 11) is 0. The Morgan fingerprint density at radius 3 is 2.76 bits per heavy atom. The summed E-state index contributed by atoms with van der Waals surface area (Å²) in [6.45, 7) is 1.53. The lowest BCUT2D eigenvalue weighted by Gasteiger charge is -2.16. The van der Waals surface area contributed by atoms with Gasteiger partial charge in [0.05, 0.1) is 5.92 Å². The van der Waals surface area contributed by atoms with E-state index < -0.39 is 0 Å². The highest BCUT2D eigenvalue weighted by Crippen LogP contribution is 2.19. The Morgan fingerprint density at radius 2 is 2.04 bits per heavy atom. The van der Waals surface area contributed by atoms with Crippen LogP contribution in [-0.2, 0) is 22.6 Å². The van der Waals surface area contributed by atoms with Crippen molar-refractivity contribution in [1.29, 1.82) is 0 Å². The van der Waals surface area contributed by atoms with Crippen molar-refractivity contribution >= 4 is 23.4 Å². The molecule has 3 rings (SSSR count). The zero-order valence-electron chi connectivity index (χ0n) is 13.8. The zero-order chi connectivity index (χ0) is 17.6. The van der Waals surface area contributed by atoms with Gasteiger partial charge in [0.2, 0.25) is 11.8 Å². The molecule has 1 unspecified atom stereocenters. The molecule has 0 bridgehead atoms. The summed E-state index contributed by atoms with van der Waals surface area (Å²) in [5.74, 6) is -0.323. The fourth-order valence-corrected chi connectivity index (χ4v) is 3.04. The minimum atomic E-state index is -0.283. The van der Waals surface area contributed by atoms with Crippen molar-refractivity contribution in [1.82, 2.24) is 15.2 Å². The fourth-order valence-electron chi connectivity index (χ4n) is 2.92. The van der Waals surface area contributed by atoms with Gasteiger partial charge < -0.3 is 10.2 Å². The summed E-state index contributed by atoms with van der Waals surface area (Å²) in [6.07, 6.45) is 4.45. The number of carbonyl (C=O) groups excluding carboxylic acids is 2. The molecule has 1 fully saturated rings. The number of rotatable bonds is 6. The Kier molecular flexibility index (Phi) is 5.66. The molecule has 2 aromatic rings. The van der Waals surface area contributed by atoms with E-state index in [2.05, 4.69) is 10.3 Å². The van der Waals surface area contributed by atoms with Gasteiger partial charge in [0.15, 0.2) is 0 Å². The first-order valence-electron chi connectivity index (χ1n) is 8.30. The zero-order valence-corrected chi connectivity index (χ0v) is 14.6. The number of halogens is 1. The van der Waals surface area contributed by atoms with Gasteiger partial charge in [-0.15, -0.1) is 0 Å². The van der Waals surface area contributed by atoms with E-state index in [0.717, 1.165) is 17.5 Å².